The van der Waals surface area contributed by atoms with Crippen molar-refractivity contribution in [3.8, 4) is 23.0 Å². The van der Waals surface area contributed by atoms with Gasteiger partial charge in [-0.3, -0.25) is 9.59 Å². The summed E-state index contributed by atoms with van der Waals surface area (Å²) in [5, 5.41) is 23.5. The quantitative estimate of drug-likeness (QED) is 0.218. The third kappa shape index (κ3) is 2.83. The predicted molar refractivity (Wildman–Crippen MR) is 156 cm³/mol. The Kier molecular flexibility index (Phi) is 4.58. The van der Waals surface area contributed by atoms with Crippen molar-refractivity contribution in [2.24, 2.45) is 0 Å². The van der Waals surface area contributed by atoms with E-state index in [9.17, 15) is 14.7 Å². The lowest BCUT2D eigenvalue weighted by Gasteiger charge is -2.37. The monoisotopic (exact) mass is 524 g/mol. The van der Waals surface area contributed by atoms with Gasteiger partial charge in [-0.05, 0) is 32.6 Å². The molecular formula is C31H28N2O6. The molecule has 0 aromatic heterocycles. The minimum atomic E-state index is -0.377. The second kappa shape index (κ2) is 7.56. The van der Waals surface area contributed by atoms with Crippen LogP contribution in [0.15, 0.2) is 27.3 Å². The van der Waals surface area contributed by atoms with Crippen molar-refractivity contribution in [2.45, 2.75) is 32.7 Å². The maximum Gasteiger partial charge on any atom is 0.194 e. The fourth-order valence-corrected chi connectivity index (χ4v) is 6.76. The molecule has 0 amide bonds. The highest BCUT2D eigenvalue weighted by molar-refractivity contribution is 6.40. The smallest absolute Gasteiger partial charge is 0.194 e. The van der Waals surface area contributed by atoms with Gasteiger partial charge in [-0.1, -0.05) is 11.6 Å². The summed E-state index contributed by atoms with van der Waals surface area (Å²) in [4.78, 5) is 27.4. The highest BCUT2D eigenvalue weighted by atomic mass is 16.5. The maximum atomic E-state index is 13.9. The molecule has 7 rings (SSSR count). The number of fused-ring (bicyclic) bond motifs is 4. The topological polar surface area (TPSA) is 106 Å². The highest BCUT2D eigenvalue weighted by Gasteiger charge is 2.35. The summed E-state index contributed by atoms with van der Waals surface area (Å²) in [6, 6.07) is 2.88. The fraction of sp³-hybridized carbons (Fsp3) is 0.290. The van der Waals surface area contributed by atoms with Gasteiger partial charge in [0, 0.05) is 62.3 Å². The van der Waals surface area contributed by atoms with Crippen LogP contribution in [0.3, 0.4) is 0 Å². The second-order valence-electron chi connectivity index (χ2n) is 11.2. The molecule has 198 valence electrons. The Hall–Kier alpha value is -4.46. The van der Waals surface area contributed by atoms with Gasteiger partial charge in [0.1, 0.15) is 11.5 Å². The van der Waals surface area contributed by atoms with Gasteiger partial charge < -0.3 is 30.0 Å². The molecule has 0 unspecified atom stereocenters. The number of rotatable bonds is 3. The first-order chi connectivity index (χ1) is 18.6. The van der Waals surface area contributed by atoms with Crippen LogP contribution in [0.4, 0.5) is 11.4 Å². The Bertz CT molecular complexity index is 2060. The summed E-state index contributed by atoms with van der Waals surface area (Å²) in [5.41, 5.74) is 3.45. The summed E-state index contributed by atoms with van der Waals surface area (Å²) < 4.78 is 17.4. The van der Waals surface area contributed by atoms with E-state index in [1.54, 1.807) is 0 Å². The molecule has 39 heavy (non-hydrogen) atoms. The van der Waals surface area contributed by atoms with Gasteiger partial charge in [0.25, 0.3) is 0 Å². The van der Waals surface area contributed by atoms with Crippen LogP contribution in [0.2, 0.25) is 0 Å². The van der Waals surface area contributed by atoms with Crippen molar-refractivity contribution in [1.82, 2.24) is 0 Å². The SMILES string of the molecule is COc1c(O)c2c(=O)cc(OC)c3c4c(OC)cc(=O)c5c6c(c7c(c(c1CC(C)=C7)c23)c54)NCC(C)(C)N6. The minimum Gasteiger partial charge on any atom is -0.504 e. The molecule has 0 fully saturated rings. The normalized spacial score (nSPS) is 15.8. The van der Waals surface area contributed by atoms with Crippen molar-refractivity contribution in [3.05, 3.63) is 49.3 Å². The number of methoxy groups -OCH3 is 3. The summed E-state index contributed by atoms with van der Waals surface area (Å²) in [7, 11) is 4.53. The Morgan fingerprint density at radius 3 is 2.03 bits per heavy atom. The minimum absolute atomic E-state index is 0.156. The number of anilines is 2. The van der Waals surface area contributed by atoms with Gasteiger partial charge in [0.05, 0.1) is 43.5 Å². The van der Waals surface area contributed by atoms with Gasteiger partial charge in [0.15, 0.2) is 22.4 Å². The number of allylic oxidation sites excluding steroid dienone is 1. The zero-order chi connectivity index (χ0) is 27.5. The van der Waals surface area contributed by atoms with Crippen molar-refractivity contribution in [1.29, 1.82) is 0 Å². The average molecular weight is 525 g/mol. The van der Waals surface area contributed by atoms with Crippen LogP contribution in [0.25, 0.3) is 49.2 Å². The van der Waals surface area contributed by atoms with Crippen LogP contribution < -0.4 is 35.7 Å². The van der Waals surface area contributed by atoms with Crippen LogP contribution in [-0.2, 0) is 6.42 Å². The summed E-state index contributed by atoms with van der Waals surface area (Å²) in [6.45, 7) is 6.86. The van der Waals surface area contributed by atoms with Gasteiger partial charge in [-0.25, -0.2) is 0 Å². The predicted octanol–water partition coefficient (Wildman–Crippen LogP) is 5.20. The van der Waals surface area contributed by atoms with E-state index in [4.69, 9.17) is 14.2 Å². The van der Waals surface area contributed by atoms with E-state index in [0.29, 0.717) is 46.0 Å². The van der Waals surface area contributed by atoms with Crippen LogP contribution in [0, 0.1) is 0 Å². The third-order valence-electron chi connectivity index (χ3n) is 8.24. The zero-order valence-corrected chi connectivity index (χ0v) is 22.6. The van der Waals surface area contributed by atoms with Gasteiger partial charge in [-0.2, -0.15) is 0 Å². The fourth-order valence-electron chi connectivity index (χ4n) is 6.76. The lowest BCUT2D eigenvalue weighted by atomic mass is 9.82. The molecule has 8 nitrogen and oxygen atoms in total. The molecule has 1 aliphatic heterocycles. The van der Waals surface area contributed by atoms with E-state index >= 15 is 0 Å². The zero-order valence-electron chi connectivity index (χ0n) is 22.6. The van der Waals surface area contributed by atoms with E-state index in [1.807, 2.05) is 6.92 Å². The second-order valence-corrected chi connectivity index (χ2v) is 11.2. The molecule has 2 aliphatic rings. The molecule has 1 aliphatic carbocycles. The molecule has 5 aromatic rings. The molecule has 0 atom stereocenters. The first-order valence-electron chi connectivity index (χ1n) is 12.9. The molecule has 0 radical (unpaired) electrons. The van der Waals surface area contributed by atoms with E-state index in [-0.39, 0.29) is 33.3 Å². The number of phenolic OH excluding ortho intramolecular Hbond substituents is 1. The van der Waals surface area contributed by atoms with Crippen molar-refractivity contribution < 1.29 is 19.3 Å². The van der Waals surface area contributed by atoms with Crippen molar-refractivity contribution in [3.63, 3.8) is 0 Å². The van der Waals surface area contributed by atoms with Crippen LogP contribution in [-0.4, -0.2) is 38.5 Å². The first kappa shape index (κ1) is 23.6. The molecule has 3 N–H and O–H groups in total. The highest BCUT2D eigenvalue weighted by Crippen LogP contribution is 2.56. The number of nitrogens with one attached hydrogen (secondary N) is 2. The van der Waals surface area contributed by atoms with E-state index < -0.39 is 0 Å². The van der Waals surface area contributed by atoms with E-state index in [1.165, 1.54) is 33.5 Å². The van der Waals surface area contributed by atoms with Gasteiger partial charge >= 0.3 is 0 Å². The van der Waals surface area contributed by atoms with E-state index in [0.717, 1.165) is 44.2 Å². The van der Waals surface area contributed by atoms with Gasteiger partial charge in [-0.15, -0.1) is 0 Å². The molecule has 5 aromatic carbocycles. The van der Waals surface area contributed by atoms with E-state index in [2.05, 4.69) is 30.6 Å². The average Bonchev–Trinajstić information content (AvgIpc) is 3.04. The number of hydrogen-bond donors (Lipinski definition) is 3. The number of phenols is 1. The molecule has 8 heteroatoms. The largest absolute Gasteiger partial charge is 0.504 e. The Morgan fingerprint density at radius 1 is 0.795 bits per heavy atom. The van der Waals surface area contributed by atoms with Crippen LogP contribution in [0.1, 0.15) is 31.9 Å². The molecular weight excluding hydrogens is 496 g/mol. The molecule has 0 bridgehead atoms. The summed E-state index contributed by atoms with van der Waals surface area (Å²) >= 11 is 0. The number of aromatic hydroxyl groups is 1. The lowest BCUT2D eigenvalue weighted by Crippen LogP contribution is -2.42. The van der Waals surface area contributed by atoms with Crippen molar-refractivity contribution >= 4 is 60.5 Å². The van der Waals surface area contributed by atoms with Crippen LogP contribution in [0.5, 0.6) is 23.0 Å². The maximum absolute atomic E-state index is 13.9. The lowest BCUT2D eigenvalue weighted by molar-refractivity contribution is 0.373. The Morgan fingerprint density at radius 2 is 1.41 bits per heavy atom. The summed E-state index contributed by atoms with van der Waals surface area (Å²) in [6.07, 6.45) is 2.61. The molecule has 1 heterocycles. The number of hydrogen-bond acceptors (Lipinski definition) is 8. The number of benzene rings is 5. The molecule has 0 saturated heterocycles. The summed E-state index contributed by atoms with van der Waals surface area (Å²) in [5.74, 6) is 0.791. The van der Waals surface area contributed by atoms with Gasteiger partial charge in [0.2, 0.25) is 0 Å². The first-order valence-corrected chi connectivity index (χ1v) is 12.9. The standard InChI is InChI=1S/C31H28N2O6/c1-12-7-13-19-20-14(8-12)30(39-6)29(36)22-16(35)10-18(38-5)24(26(20)22)23-17(37-4)9-15(34)21(25(19)23)28-27(13)32-11-31(2,3)33-28/h7,9-10,32-33,36H,8,11H2,1-6H3. The third-order valence-corrected chi connectivity index (χ3v) is 8.24. The number of ether oxygens (including phenoxy) is 3. The Labute approximate surface area is 223 Å². The molecule has 0 spiro atoms. The molecule has 0 saturated carbocycles. The Balaban J connectivity index is 1.96. The van der Waals surface area contributed by atoms with Crippen LogP contribution >= 0.6 is 0 Å². The van der Waals surface area contributed by atoms with Crippen molar-refractivity contribution in [2.75, 3.05) is 38.5 Å².